The lowest BCUT2D eigenvalue weighted by molar-refractivity contribution is -0.137. The maximum absolute atomic E-state index is 12.8. The molecule has 132 valence electrons. The Labute approximate surface area is 145 Å². The van der Waals surface area contributed by atoms with Crippen LogP contribution in [0.15, 0.2) is 24.4 Å². The summed E-state index contributed by atoms with van der Waals surface area (Å²) in [6.45, 7) is 1.92. The third-order valence-electron chi connectivity index (χ3n) is 3.94. The van der Waals surface area contributed by atoms with Crippen LogP contribution in [0, 0.1) is 0 Å². The van der Waals surface area contributed by atoms with Gasteiger partial charge in [-0.2, -0.15) is 18.3 Å². The number of primary amides is 1. The molecule has 25 heavy (non-hydrogen) atoms. The van der Waals surface area contributed by atoms with Crippen molar-refractivity contribution in [2.24, 2.45) is 5.73 Å². The standard InChI is InChI=1S/C15H12ClF3N4O2/c1-7-6-22(8-2-3-10(11(16)4-8)15(17,18)19)14(25)12-9(13(20)24)5-21-23(7)12/h2-5,7H,6H2,1H3,(H2,20,24)/t7-/m0/s1. The summed E-state index contributed by atoms with van der Waals surface area (Å²) < 4.78 is 39.9. The molecule has 1 aliphatic rings. The Hall–Kier alpha value is -2.55. The van der Waals surface area contributed by atoms with Gasteiger partial charge in [0.05, 0.1) is 28.4 Å². The number of benzene rings is 1. The van der Waals surface area contributed by atoms with Crippen LogP contribution >= 0.6 is 11.6 Å². The van der Waals surface area contributed by atoms with Gasteiger partial charge in [-0.15, -0.1) is 0 Å². The SMILES string of the molecule is C[C@H]1CN(c2ccc(C(F)(F)F)c(Cl)c2)C(=O)c2c(C(N)=O)cnn21. The maximum Gasteiger partial charge on any atom is 0.417 e. The molecule has 1 aromatic heterocycles. The first-order valence-electron chi connectivity index (χ1n) is 7.17. The monoisotopic (exact) mass is 372 g/mol. The average molecular weight is 373 g/mol. The number of alkyl halides is 3. The summed E-state index contributed by atoms with van der Waals surface area (Å²) in [6, 6.07) is 2.75. The lowest BCUT2D eigenvalue weighted by Crippen LogP contribution is -2.43. The van der Waals surface area contributed by atoms with Gasteiger partial charge in [0, 0.05) is 12.2 Å². The molecule has 3 rings (SSSR count). The van der Waals surface area contributed by atoms with Crippen molar-refractivity contribution in [2.75, 3.05) is 11.4 Å². The highest BCUT2D eigenvalue weighted by Crippen LogP contribution is 2.37. The average Bonchev–Trinajstić information content (AvgIpc) is 2.95. The first kappa shape index (κ1) is 17.3. The van der Waals surface area contributed by atoms with Crippen molar-refractivity contribution in [2.45, 2.75) is 19.1 Å². The molecule has 0 saturated carbocycles. The predicted molar refractivity (Wildman–Crippen MR) is 83.6 cm³/mol. The number of amides is 2. The van der Waals surface area contributed by atoms with Gasteiger partial charge in [-0.3, -0.25) is 14.3 Å². The third-order valence-corrected chi connectivity index (χ3v) is 4.26. The maximum atomic E-state index is 12.8. The van der Waals surface area contributed by atoms with E-state index in [1.807, 2.05) is 0 Å². The number of carbonyl (C=O) groups is 2. The summed E-state index contributed by atoms with van der Waals surface area (Å²) in [5.74, 6) is -1.39. The van der Waals surface area contributed by atoms with E-state index in [0.29, 0.717) is 0 Å². The van der Waals surface area contributed by atoms with E-state index in [9.17, 15) is 22.8 Å². The first-order valence-corrected chi connectivity index (χ1v) is 7.55. The molecule has 6 nitrogen and oxygen atoms in total. The molecule has 0 radical (unpaired) electrons. The molecule has 10 heteroatoms. The zero-order valence-corrected chi connectivity index (χ0v) is 13.6. The lowest BCUT2D eigenvalue weighted by Gasteiger charge is -2.32. The Bertz CT molecular complexity index is 878. The minimum Gasteiger partial charge on any atom is -0.365 e. The molecule has 2 amide bonds. The summed E-state index contributed by atoms with van der Waals surface area (Å²) >= 11 is 5.73. The Morgan fingerprint density at radius 2 is 2.08 bits per heavy atom. The van der Waals surface area contributed by atoms with Crippen molar-refractivity contribution < 1.29 is 22.8 Å². The number of halogens is 4. The van der Waals surface area contributed by atoms with E-state index in [4.69, 9.17) is 17.3 Å². The number of nitrogens with two attached hydrogens (primary N) is 1. The van der Waals surface area contributed by atoms with Crippen molar-refractivity contribution in [3.05, 3.63) is 46.2 Å². The highest BCUT2D eigenvalue weighted by molar-refractivity contribution is 6.31. The highest BCUT2D eigenvalue weighted by Gasteiger charge is 2.37. The number of hydrogen-bond acceptors (Lipinski definition) is 3. The third kappa shape index (κ3) is 2.84. The van der Waals surface area contributed by atoms with Gasteiger partial charge in [-0.1, -0.05) is 11.6 Å². The minimum absolute atomic E-state index is 0.00210. The van der Waals surface area contributed by atoms with Gasteiger partial charge in [-0.25, -0.2) is 0 Å². The van der Waals surface area contributed by atoms with Crippen LogP contribution in [0.4, 0.5) is 18.9 Å². The van der Waals surface area contributed by atoms with Crippen molar-refractivity contribution in [3.63, 3.8) is 0 Å². The summed E-state index contributed by atoms with van der Waals surface area (Å²) in [7, 11) is 0. The lowest BCUT2D eigenvalue weighted by atomic mass is 10.1. The van der Waals surface area contributed by atoms with E-state index in [2.05, 4.69) is 5.10 Å². The van der Waals surface area contributed by atoms with E-state index in [-0.39, 0.29) is 29.5 Å². The second kappa shape index (κ2) is 5.76. The van der Waals surface area contributed by atoms with Gasteiger partial charge in [0.1, 0.15) is 5.69 Å². The zero-order chi connectivity index (χ0) is 18.5. The van der Waals surface area contributed by atoms with Crippen LogP contribution in [0.3, 0.4) is 0 Å². The molecule has 0 bridgehead atoms. The van der Waals surface area contributed by atoms with E-state index < -0.39 is 28.6 Å². The quantitative estimate of drug-likeness (QED) is 0.880. The number of anilines is 1. The van der Waals surface area contributed by atoms with Crippen LogP contribution in [-0.2, 0) is 6.18 Å². The predicted octanol–water partition coefficient (Wildman–Crippen LogP) is 2.88. The van der Waals surface area contributed by atoms with Crippen LogP contribution in [0.5, 0.6) is 0 Å². The normalized spacial score (nSPS) is 17.6. The van der Waals surface area contributed by atoms with Gasteiger partial charge in [0.2, 0.25) is 0 Å². The number of aromatic nitrogens is 2. The largest absolute Gasteiger partial charge is 0.417 e. The molecule has 0 aliphatic carbocycles. The molecule has 2 aromatic rings. The molecule has 0 fully saturated rings. The number of hydrogen-bond donors (Lipinski definition) is 1. The number of rotatable bonds is 2. The second-order valence-corrected chi connectivity index (χ2v) is 6.05. The van der Waals surface area contributed by atoms with Gasteiger partial charge in [-0.05, 0) is 25.1 Å². The number of fused-ring (bicyclic) bond motifs is 1. The summed E-state index contributed by atoms with van der Waals surface area (Å²) in [5.41, 5.74) is 4.42. The minimum atomic E-state index is -4.59. The van der Waals surface area contributed by atoms with Gasteiger partial charge in [0.15, 0.2) is 0 Å². The van der Waals surface area contributed by atoms with Crippen molar-refractivity contribution in [1.82, 2.24) is 9.78 Å². The van der Waals surface area contributed by atoms with Crippen molar-refractivity contribution >= 4 is 29.1 Å². The molecule has 0 saturated heterocycles. The highest BCUT2D eigenvalue weighted by atomic mass is 35.5. The number of carbonyl (C=O) groups excluding carboxylic acids is 2. The summed E-state index contributed by atoms with van der Waals surface area (Å²) in [5, 5.41) is 3.48. The molecule has 2 N–H and O–H groups in total. The van der Waals surface area contributed by atoms with Crippen LogP contribution < -0.4 is 10.6 Å². The number of nitrogens with zero attached hydrogens (tertiary/aromatic N) is 3. The van der Waals surface area contributed by atoms with E-state index in [1.165, 1.54) is 15.8 Å². The summed E-state index contributed by atoms with van der Waals surface area (Å²) in [4.78, 5) is 25.5. The first-order chi connectivity index (χ1) is 11.6. The Balaban J connectivity index is 2.05. The molecule has 2 heterocycles. The van der Waals surface area contributed by atoms with Crippen molar-refractivity contribution in [3.8, 4) is 0 Å². The van der Waals surface area contributed by atoms with Crippen molar-refractivity contribution in [1.29, 1.82) is 0 Å². The fraction of sp³-hybridized carbons (Fsp3) is 0.267. The topological polar surface area (TPSA) is 81.2 Å². The fourth-order valence-electron chi connectivity index (χ4n) is 2.77. The van der Waals surface area contributed by atoms with E-state index in [1.54, 1.807) is 6.92 Å². The van der Waals surface area contributed by atoms with E-state index >= 15 is 0 Å². The van der Waals surface area contributed by atoms with E-state index in [0.717, 1.165) is 18.2 Å². The molecule has 0 spiro atoms. The van der Waals surface area contributed by atoms with Crippen LogP contribution in [0.2, 0.25) is 5.02 Å². The molecular weight excluding hydrogens is 361 g/mol. The molecule has 1 aliphatic heterocycles. The second-order valence-electron chi connectivity index (χ2n) is 5.64. The zero-order valence-electron chi connectivity index (χ0n) is 12.8. The Kier molecular flexibility index (Phi) is 3.98. The fourth-order valence-corrected chi connectivity index (χ4v) is 3.05. The Morgan fingerprint density at radius 1 is 1.40 bits per heavy atom. The van der Waals surface area contributed by atoms with Gasteiger partial charge >= 0.3 is 6.18 Å². The molecule has 1 atom stereocenters. The molecular formula is C15H12ClF3N4O2. The Morgan fingerprint density at radius 3 is 2.64 bits per heavy atom. The molecule has 1 aromatic carbocycles. The molecule has 0 unspecified atom stereocenters. The summed E-state index contributed by atoms with van der Waals surface area (Å²) in [6.07, 6.45) is -3.39. The van der Waals surface area contributed by atoms with Gasteiger partial charge in [0.25, 0.3) is 11.8 Å². The van der Waals surface area contributed by atoms with Crippen LogP contribution in [0.1, 0.15) is 39.4 Å². The smallest absolute Gasteiger partial charge is 0.365 e. The van der Waals surface area contributed by atoms with Crippen LogP contribution in [-0.4, -0.2) is 28.1 Å². The van der Waals surface area contributed by atoms with Crippen LogP contribution in [0.25, 0.3) is 0 Å². The van der Waals surface area contributed by atoms with Gasteiger partial charge < -0.3 is 10.6 Å².